The van der Waals surface area contributed by atoms with Crippen LogP contribution >= 0.6 is 0 Å². The van der Waals surface area contributed by atoms with Crippen molar-refractivity contribution in [2.45, 2.75) is 32.4 Å². The summed E-state index contributed by atoms with van der Waals surface area (Å²) in [5, 5.41) is 0. The summed E-state index contributed by atoms with van der Waals surface area (Å²) < 4.78 is 19.2. The van der Waals surface area contributed by atoms with Crippen LogP contribution in [0.2, 0.25) is 0 Å². The number of carbonyl (C=O) groups is 1. The smallest absolute Gasteiger partial charge is 0.360 e. The molecule has 24 heavy (non-hydrogen) atoms. The van der Waals surface area contributed by atoms with Gasteiger partial charge in [-0.1, -0.05) is 42.5 Å². The molecule has 1 aromatic carbocycles. The number of hydrogen-bond acceptors (Lipinski definition) is 4. The molecular formula is C19H23NO3S. The highest BCUT2D eigenvalue weighted by atomic mass is 32.2. The van der Waals surface area contributed by atoms with E-state index in [1.54, 1.807) is 19.2 Å². The van der Waals surface area contributed by atoms with Crippen molar-refractivity contribution in [3.05, 3.63) is 66.0 Å². The Labute approximate surface area is 146 Å². The third-order valence-corrected chi connectivity index (χ3v) is 5.04. The Morgan fingerprint density at radius 2 is 1.88 bits per heavy atom. The van der Waals surface area contributed by atoms with Gasteiger partial charge in [0.2, 0.25) is 0 Å². The number of benzene rings is 1. The Morgan fingerprint density at radius 1 is 1.21 bits per heavy atom. The molecule has 1 atom stereocenters. The number of ether oxygens (including phenoxy) is 1. The summed E-state index contributed by atoms with van der Waals surface area (Å²) in [6.07, 6.45) is 7.12. The van der Waals surface area contributed by atoms with Crippen LogP contribution in [0.15, 0.2) is 60.5 Å². The average Bonchev–Trinajstić information content (AvgIpc) is 2.77. The quantitative estimate of drug-likeness (QED) is 0.615. The normalized spacial score (nSPS) is 16.1. The lowest BCUT2D eigenvalue weighted by molar-refractivity contribution is -0.139. The van der Waals surface area contributed by atoms with Crippen molar-refractivity contribution in [3.8, 4) is 0 Å². The van der Waals surface area contributed by atoms with Gasteiger partial charge in [-0.05, 0) is 39.3 Å². The van der Waals surface area contributed by atoms with Crippen molar-refractivity contribution < 1.29 is 14.1 Å². The molecule has 4 nitrogen and oxygen atoms in total. The van der Waals surface area contributed by atoms with E-state index in [0.717, 1.165) is 5.56 Å². The molecule has 1 aliphatic heterocycles. The van der Waals surface area contributed by atoms with Crippen LogP contribution in [0, 0.1) is 0 Å². The van der Waals surface area contributed by atoms with Crippen LogP contribution in [-0.4, -0.2) is 26.2 Å². The number of esters is 1. The van der Waals surface area contributed by atoms with Gasteiger partial charge < -0.3 is 9.29 Å². The Bertz CT molecular complexity index is 672. The summed E-state index contributed by atoms with van der Waals surface area (Å²) >= 11 is -1.44. The number of hydrogen-bond donors (Lipinski definition) is 0. The third kappa shape index (κ3) is 4.10. The summed E-state index contributed by atoms with van der Waals surface area (Å²) in [7, 11) is 0. The lowest BCUT2D eigenvalue weighted by Gasteiger charge is -2.32. The molecule has 0 amide bonds. The fourth-order valence-corrected chi connectivity index (χ4v) is 3.34. The van der Waals surface area contributed by atoms with Crippen LogP contribution in [-0.2, 0) is 20.9 Å². The molecule has 0 saturated carbocycles. The number of allylic oxidation sites excluding steroid dienone is 4. The Morgan fingerprint density at radius 3 is 2.46 bits per heavy atom. The Kier molecular flexibility index (Phi) is 5.91. The molecule has 1 aromatic rings. The van der Waals surface area contributed by atoms with Crippen LogP contribution in [0.4, 0.5) is 0 Å². The fourth-order valence-electron chi connectivity index (χ4n) is 2.24. The first-order valence-corrected chi connectivity index (χ1v) is 9.00. The van der Waals surface area contributed by atoms with Gasteiger partial charge >= 0.3 is 5.97 Å². The standard InChI is InChI=1S/C19H23NO3S/c1-5-23-18(21)17-16(15-11-7-6-8-12-15)13-9-10-14-20(17)24(22)19(2,3)4/h6-14H,5H2,1-4H3. The van der Waals surface area contributed by atoms with Gasteiger partial charge in [-0.15, -0.1) is 0 Å². The van der Waals surface area contributed by atoms with Gasteiger partial charge in [-0.25, -0.2) is 4.79 Å². The molecule has 0 bridgehead atoms. The van der Waals surface area contributed by atoms with Crippen molar-refractivity contribution in [3.63, 3.8) is 0 Å². The minimum Gasteiger partial charge on any atom is -0.592 e. The average molecular weight is 345 g/mol. The lowest BCUT2D eigenvalue weighted by Crippen LogP contribution is -2.41. The molecule has 0 radical (unpaired) electrons. The van der Waals surface area contributed by atoms with Gasteiger partial charge in [-0.2, -0.15) is 4.31 Å². The van der Waals surface area contributed by atoms with Crippen molar-refractivity contribution in [1.29, 1.82) is 0 Å². The molecule has 2 rings (SSSR count). The lowest BCUT2D eigenvalue weighted by atomic mass is 10.0. The first-order valence-electron chi connectivity index (χ1n) is 7.89. The van der Waals surface area contributed by atoms with Gasteiger partial charge in [0, 0.05) is 5.57 Å². The molecule has 0 aliphatic carbocycles. The van der Waals surface area contributed by atoms with Crippen molar-refractivity contribution in [2.75, 3.05) is 6.61 Å². The van der Waals surface area contributed by atoms with Gasteiger partial charge in [-0.3, -0.25) is 0 Å². The van der Waals surface area contributed by atoms with Gasteiger partial charge in [0.25, 0.3) is 0 Å². The van der Waals surface area contributed by atoms with Gasteiger partial charge in [0.05, 0.1) is 24.2 Å². The van der Waals surface area contributed by atoms with E-state index in [-0.39, 0.29) is 6.61 Å². The van der Waals surface area contributed by atoms with E-state index in [4.69, 9.17) is 4.74 Å². The van der Waals surface area contributed by atoms with Crippen LogP contribution in [0.25, 0.3) is 5.57 Å². The molecule has 0 saturated heterocycles. The largest absolute Gasteiger partial charge is 0.592 e. The molecule has 0 spiro atoms. The molecule has 1 heterocycles. The molecule has 128 valence electrons. The van der Waals surface area contributed by atoms with E-state index in [1.807, 2.05) is 63.3 Å². The highest BCUT2D eigenvalue weighted by Crippen LogP contribution is 2.32. The van der Waals surface area contributed by atoms with Gasteiger partial charge in [0.15, 0.2) is 5.70 Å². The van der Waals surface area contributed by atoms with Gasteiger partial charge in [0.1, 0.15) is 4.75 Å². The second-order valence-electron chi connectivity index (χ2n) is 6.24. The van der Waals surface area contributed by atoms with Crippen LogP contribution < -0.4 is 0 Å². The Hall–Kier alpha value is -1.98. The summed E-state index contributed by atoms with van der Waals surface area (Å²) in [5.41, 5.74) is 1.86. The molecule has 0 N–H and O–H groups in total. The van der Waals surface area contributed by atoms with Crippen molar-refractivity contribution >= 4 is 22.9 Å². The van der Waals surface area contributed by atoms with Crippen LogP contribution in [0.3, 0.4) is 0 Å². The Balaban J connectivity index is 2.63. The van der Waals surface area contributed by atoms with E-state index in [9.17, 15) is 9.35 Å². The summed E-state index contributed by atoms with van der Waals surface area (Å²) in [6.45, 7) is 7.64. The highest BCUT2D eigenvalue weighted by Gasteiger charge is 2.38. The minimum atomic E-state index is -1.44. The predicted molar refractivity (Wildman–Crippen MR) is 98.0 cm³/mol. The zero-order valence-electron chi connectivity index (χ0n) is 14.5. The maximum atomic E-state index is 13.0. The molecule has 1 unspecified atom stereocenters. The van der Waals surface area contributed by atoms with E-state index in [2.05, 4.69) is 0 Å². The fraction of sp³-hybridized carbons (Fsp3) is 0.316. The number of nitrogens with zero attached hydrogens (tertiary/aromatic N) is 1. The molecule has 5 heteroatoms. The molecule has 0 fully saturated rings. The molecule has 1 aliphatic rings. The van der Waals surface area contributed by atoms with Crippen LogP contribution in [0.1, 0.15) is 33.3 Å². The SMILES string of the molecule is CCOC(=O)C1=C(c2ccccc2)C=CC=CN1[S+]([O-])C(C)(C)C. The zero-order valence-corrected chi connectivity index (χ0v) is 15.3. The van der Waals surface area contributed by atoms with Crippen molar-refractivity contribution in [2.24, 2.45) is 0 Å². The first-order chi connectivity index (χ1) is 11.4. The van der Waals surface area contributed by atoms with E-state index in [1.165, 1.54) is 4.31 Å². The van der Waals surface area contributed by atoms with Crippen LogP contribution in [0.5, 0.6) is 0 Å². The van der Waals surface area contributed by atoms with E-state index < -0.39 is 22.1 Å². The van der Waals surface area contributed by atoms with Crippen molar-refractivity contribution in [1.82, 2.24) is 4.31 Å². The topological polar surface area (TPSA) is 52.6 Å². The maximum absolute atomic E-state index is 13.0. The third-order valence-electron chi connectivity index (χ3n) is 3.33. The number of rotatable bonds is 4. The van der Waals surface area contributed by atoms with E-state index in [0.29, 0.717) is 11.3 Å². The van der Waals surface area contributed by atoms with E-state index >= 15 is 0 Å². The summed E-state index contributed by atoms with van der Waals surface area (Å²) in [5.74, 6) is -0.481. The minimum absolute atomic E-state index is 0.258. The monoisotopic (exact) mass is 345 g/mol. The molecular weight excluding hydrogens is 322 g/mol. The second-order valence-corrected chi connectivity index (χ2v) is 8.35. The summed E-state index contributed by atoms with van der Waals surface area (Å²) in [6, 6.07) is 9.56. The number of carbonyl (C=O) groups excluding carboxylic acids is 1. The molecule has 0 aromatic heterocycles. The highest BCUT2D eigenvalue weighted by molar-refractivity contribution is 7.90. The predicted octanol–water partition coefficient (Wildman–Crippen LogP) is 3.81. The first kappa shape index (κ1) is 18.4. The summed E-state index contributed by atoms with van der Waals surface area (Å²) in [4.78, 5) is 12.7. The maximum Gasteiger partial charge on any atom is 0.360 e. The zero-order chi connectivity index (χ0) is 17.7. The second kappa shape index (κ2) is 7.73.